The van der Waals surface area contributed by atoms with Crippen LogP contribution in [-0.4, -0.2) is 17.0 Å². The zero-order valence-corrected chi connectivity index (χ0v) is 16.1. The summed E-state index contributed by atoms with van der Waals surface area (Å²) in [6, 6.07) is 21.3. The molecule has 0 aliphatic heterocycles. The molecule has 0 aliphatic rings. The summed E-state index contributed by atoms with van der Waals surface area (Å²) >= 11 is 6.17. The van der Waals surface area contributed by atoms with E-state index in [4.69, 9.17) is 21.4 Å². The van der Waals surface area contributed by atoms with E-state index in [-0.39, 0.29) is 12.3 Å². The number of nitrogens with one attached hydrogen (secondary N) is 1. The summed E-state index contributed by atoms with van der Waals surface area (Å²) < 4.78 is 5.73. The normalized spacial score (nSPS) is 10.7. The molecule has 5 nitrogen and oxygen atoms in total. The molecular weight excluding hydrogens is 390 g/mol. The molecule has 0 aliphatic carbocycles. The van der Waals surface area contributed by atoms with Crippen LogP contribution in [0.2, 0.25) is 5.02 Å². The molecule has 0 radical (unpaired) electrons. The Bertz CT molecular complexity index is 1030. The molecule has 3 aromatic rings. The fourth-order valence-electron chi connectivity index (χ4n) is 2.56. The molecular formula is C23H18ClNO4. The Morgan fingerprint density at radius 3 is 2.38 bits per heavy atom. The van der Waals surface area contributed by atoms with Crippen LogP contribution in [0.4, 0.5) is 5.69 Å². The maximum absolute atomic E-state index is 12.0. The summed E-state index contributed by atoms with van der Waals surface area (Å²) in [4.78, 5) is 22.8. The Kier molecular flexibility index (Phi) is 6.66. The topological polar surface area (TPSA) is 75.6 Å². The molecule has 0 fully saturated rings. The second-order valence-electron chi connectivity index (χ2n) is 6.19. The van der Waals surface area contributed by atoms with Crippen LogP contribution in [0.3, 0.4) is 0 Å². The second-order valence-corrected chi connectivity index (χ2v) is 6.60. The number of carbonyl (C=O) groups is 2. The van der Waals surface area contributed by atoms with Gasteiger partial charge in [0.2, 0.25) is 5.91 Å². The number of ether oxygens (including phenoxy) is 1. The van der Waals surface area contributed by atoms with E-state index in [1.165, 1.54) is 6.08 Å². The molecule has 29 heavy (non-hydrogen) atoms. The van der Waals surface area contributed by atoms with Crippen LogP contribution in [0, 0.1) is 0 Å². The molecule has 0 unspecified atom stereocenters. The first-order valence-corrected chi connectivity index (χ1v) is 9.19. The minimum absolute atomic E-state index is 0.104. The van der Waals surface area contributed by atoms with Crippen molar-refractivity contribution in [1.82, 2.24) is 0 Å². The van der Waals surface area contributed by atoms with E-state index in [9.17, 15) is 9.59 Å². The van der Waals surface area contributed by atoms with Crippen molar-refractivity contribution in [3.63, 3.8) is 0 Å². The number of benzene rings is 3. The first kappa shape index (κ1) is 20.2. The molecule has 0 saturated carbocycles. The van der Waals surface area contributed by atoms with Gasteiger partial charge in [0.25, 0.3) is 0 Å². The summed E-state index contributed by atoms with van der Waals surface area (Å²) in [6.45, 7) is 0. The smallest absolute Gasteiger partial charge is 0.307 e. The Morgan fingerprint density at radius 1 is 1.00 bits per heavy atom. The summed E-state index contributed by atoms with van der Waals surface area (Å²) in [6.07, 6.45) is 3.11. The molecule has 3 aromatic carbocycles. The Labute approximate surface area is 173 Å². The number of carboxylic acids is 1. The van der Waals surface area contributed by atoms with Crippen molar-refractivity contribution in [2.45, 2.75) is 6.42 Å². The lowest BCUT2D eigenvalue weighted by Gasteiger charge is -2.10. The monoisotopic (exact) mass is 407 g/mol. The van der Waals surface area contributed by atoms with Crippen LogP contribution in [-0.2, 0) is 16.0 Å². The van der Waals surface area contributed by atoms with Gasteiger partial charge in [-0.3, -0.25) is 9.59 Å². The predicted octanol–water partition coefficient (Wildman–Crippen LogP) is 5.41. The van der Waals surface area contributed by atoms with E-state index >= 15 is 0 Å². The Hall–Kier alpha value is -3.57. The standard InChI is InChI=1S/C23H18ClNO4/c24-20-14-17(15-23(27)28)6-12-21(20)29-19-10-8-18(9-11-19)25-22(26)13-7-16-4-2-1-3-5-16/h1-14H,15H2,(H,25,26)(H,27,28)/b13-7+. The van der Waals surface area contributed by atoms with Crippen LogP contribution in [0.1, 0.15) is 11.1 Å². The van der Waals surface area contributed by atoms with Crippen LogP contribution >= 0.6 is 11.6 Å². The van der Waals surface area contributed by atoms with Crippen molar-refractivity contribution < 1.29 is 19.4 Å². The van der Waals surface area contributed by atoms with Crippen molar-refractivity contribution in [1.29, 1.82) is 0 Å². The number of aliphatic carboxylic acids is 1. The van der Waals surface area contributed by atoms with Gasteiger partial charge >= 0.3 is 5.97 Å². The van der Waals surface area contributed by atoms with Gasteiger partial charge in [-0.2, -0.15) is 0 Å². The highest BCUT2D eigenvalue weighted by Gasteiger charge is 2.07. The Morgan fingerprint density at radius 2 is 1.72 bits per heavy atom. The minimum atomic E-state index is -0.925. The molecule has 1 amide bonds. The third-order valence-electron chi connectivity index (χ3n) is 3.93. The van der Waals surface area contributed by atoms with Crippen molar-refractivity contribution in [3.8, 4) is 11.5 Å². The summed E-state index contributed by atoms with van der Waals surface area (Å²) in [7, 11) is 0. The molecule has 146 valence electrons. The third kappa shape index (κ3) is 6.23. The maximum atomic E-state index is 12.0. The number of hydrogen-bond acceptors (Lipinski definition) is 3. The molecule has 0 atom stereocenters. The lowest BCUT2D eigenvalue weighted by atomic mass is 10.1. The molecule has 0 saturated heterocycles. The predicted molar refractivity (Wildman–Crippen MR) is 113 cm³/mol. The number of hydrogen-bond donors (Lipinski definition) is 2. The molecule has 6 heteroatoms. The molecule has 0 bridgehead atoms. The lowest BCUT2D eigenvalue weighted by Crippen LogP contribution is -2.07. The highest BCUT2D eigenvalue weighted by atomic mass is 35.5. The summed E-state index contributed by atoms with van der Waals surface area (Å²) in [5.74, 6) is -0.204. The molecule has 0 aromatic heterocycles. The van der Waals surface area contributed by atoms with Crippen LogP contribution in [0.15, 0.2) is 78.9 Å². The molecule has 0 heterocycles. The van der Waals surface area contributed by atoms with Crippen molar-refractivity contribution in [2.75, 3.05) is 5.32 Å². The van der Waals surface area contributed by atoms with E-state index in [1.54, 1.807) is 48.5 Å². The van der Waals surface area contributed by atoms with Gasteiger partial charge in [0.1, 0.15) is 11.5 Å². The SMILES string of the molecule is O=C(O)Cc1ccc(Oc2ccc(NC(=O)/C=C/c3ccccc3)cc2)c(Cl)c1. The highest BCUT2D eigenvalue weighted by Crippen LogP contribution is 2.30. The third-order valence-corrected chi connectivity index (χ3v) is 4.22. The van der Waals surface area contributed by atoms with Crippen LogP contribution < -0.4 is 10.1 Å². The number of halogens is 1. The molecule has 3 rings (SSSR count). The number of amides is 1. The minimum Gasteiger partial charge on any atom is -0.481 e. The van der Waals surface area contributed by atoms with Gasteiger partial charge in [0.05, 0.1) is 11.4 Å². The zero-order chi connectivity index (χ0) is 20.6. The van der Waals surface area contributed by atoms with E-state index in [0.717, 1.165) is 5.56 Å². The van der Waals surface area contributed by atoms with E-state index in [0.29, 0.717) is 27.8 Å². The number of rotatable bonds is 7. The van der Waals surface area contributed by atoms with Gasteiger partial charge in [-0.1, -0.05) is 48.0 Å². The van der Waals surface area contributed by atoms with Crippen molar-refractivity contribution in [3.05, 3.63) is 95.0 Å². The lowest BCUT2D eigenvalue weighted by molar-refractivity contribution is -0.136. The zero-order valence-electron chi connectivity index (χ0n) is 15.3. The first-order valence-electron chi connectivity index (χ1n) is 8.82. The second kappa shape index (κ2) is 9.57. The molecule has 2 N–H and O–H groups in total. The first-order chi connectivity index (χ1) is 14.0. The van der Waals surface area contributed by atoms with Crippen molar-refractivity contribution in [2.24, 2.45) is 0 Å². The number of anilines is 1. The highest BCUT2D eigenvalue weighted by molar-refractivity contribution is 6.32. The van der Waals surface area contributed by atoms with Crippen molar-refractivity contribution >= 4 is 35.2 Å². The number of carboxylic acid groups (broad SMARTS) is 1. The average molecular weight is 408 g/mol. The largest absolute Gasteiger partial charge is 0.481 e. The van der Waals surface area contributed by atoms with Crippen LogP contribution in [0.5, 0.6) is 11.5 Å². The molecule has 0 spiro atoms. The van der Waals surface area contributed by atoms with Gasteiger partial charge in [0.15, 0.2) is 0 Å². The summed E-state index contributed by atoms with van der Waals surface area (Å²) in [5.41, 5.74) is 2.16. The quantitative estimate of drug-likeness (QED) is 0.513. The Balaban J connectivity index is 1.59. The maximum Gasteiger partial charge on any atom is 0.307 e. The number of carbonyl (C=O) groups excluding carboxylic acids is 1. The van der Waals surface area contributed by atoms with Gasteiger partial charge in [-0.15, -0.1) is 0 Å². The average Bonchev–Trinajstić information content (AvgIpc) is 2.70. The van der Waals surface area contributed by atoms with Gasteiger partial charge in [0, 0.05) is 11.8 Å². The fraction of sp³-hybridized carbons (Fsp3) is 0.0435. The van der Waals surface area contributed by atoms with Gasteiger partial charge < -0.3 is 15.2 Å². The van der Waals surface area contributed by atoms with E-state index in [2.05, 4.69) is 5.32 Å². The summed E-state index contributed by atoms with van der Waals surface area (Å²) in [5, 5.41) is 11.9. The fourth-order valence-corrected chi connectivity index (χ4v) is 2.81. The van der Waals surface area contributed by atoms with Gasteiger partial charge in [-0.25, -0.2) is 0 Å². The van der Waals surface area contributed by atoms with E-state index in [1.807, 2.05) is 30.3 Å². The van der Waals surface area contributed by atoms with Crippen LogP contribution in [0.25, 0.3) is 6.08 Å². The van der Waals surface area contributed by atoms with Gasteiger partial charge in [-0.05, 0) is 53.6 Å². The van der Waals surface area contributed by atoms with E-state index < -0.39 is 5.97 Å².